The maximum absolute atomic E-state index is 11.9. The Bertz CT molecular complexity index is 447. The van der Waals surface area contributed by atoms with Crippen LogP contribution in [0.5, 0.6) is 5.75 Å². The van der Waals surface area contributed by atoms with E-state index in [1.807, 2.05) is 24.3 Å². The summed E-state index contributed by atoms with van der Waals surface area (Å²) in [6, 6.07) is 7.99. The van der Waals surface area contributed by atoms with Gasteiger partial charge in [-0.15, -0.1) is 0 Å². The van der Waals surface area contributed by atoms with Gasteiger partial charge in [0.15, 0.2) is 0 Å². The van der Waals surface area contributed by atoms with Crippen molar-refractivity contribution in [2.24, 2.45) is 11.7 Å². The lowest BCUT2D eigenvalue weighted by Crippen LogP contribution is -2.34. The molecule has 1 aromatic rings. The molecule has 1 aliphatic heterocycles. The molecule has 1 aliphatic carbocycles. The first-order chi connectivity index (χ1) is 8.25. The number of fused-ring (bicyclic) bond motifs is 1. The fourth-order valence-corrected chi connectivity index (χ4v) is 2.29. The molecule has 3 unspecified atom stereocenters. The van der Waals surface area contributed by atoms with Gasteiger partial charge in [0.25, 0.3) is 0 Å². The van der Waals surface area contributed by atoms with Crippen LogP contribution in [0.3, 0.4) is 0 Å². The lowest BCUT2D eigenvalue weighted by atomic mass is 10.0. The standard InChI is InChI=1S/C13H16N2O2/c14-10-7-9(10)13(16)15-11-5-6-17-12-4-2-1-3-8(11)12/h1-4,9-11H,5-7,14H2,(H,15,16). The molecule has 0 aromatic heterocycles. The molecule has 1 fully saturated rings. The van der Waals surface area contributed by atoms with E-state index in [2.05, 4.69) is 5.32 Å². The summed E-state index contributed by atoms with van der Waals surface area (Å²) in [5.41, 5.74) is 6.75. The molecule has 17 heavy (non-hydrogen) atoms. The quantitative estimate of drug-likeness (QED) is 0.798. The number of hydrogen-bond donors (Lipinski definition) is 2. The van der Waals surface area contributed by atoms with Gasteiger partial charge in [0.1, 0.15) is 5.75 Å². The number of ether oxygens (including phenoxy) is 1. The summed E-state index contributed by atoms with van der Waals surface area (Å²) in [5.74, 6) is 0.980. The summed E-state index contributed by atoms with van der Waals surface area (Å²) >= 11 is 0. The van der Waals surface area contributed by atoms with Crippen molar-refractivity contribution in [3.8, 4) is 5.75 Å². The number of hydrogen-bond acceptors (Lipinski definition) is 3. The number of amides is 1. The van der Waals surface area contributed by atoms with Crippen molar-refractivity contribution in [1.29, 1.82) is 0 Å². The van der Waals surface area contributed by atoms with Crippen molar-refractivity contribution in [3.63, 3.8) is 0 Å². The summed E-state index contributed by atoms with van der Waals surface area (Å²) in [4.78, 5) is 11.9. The van der Waals surface area contributed by atoms with Gasteiger partial charge in [-0.3, -0.25) is 4.79 Å². The van der Waals surface area contributed by atoms with Gasteiger partial charge in [-0.1, -0.05) is 18.2 Å². The molecule has 1 amide bonds. The third kappa shape index (κ3) is 2.00. The Morgan fingerprint density at radius 1 is 1.41 bits per heavy atom. The normalized spacial score (nSPS) is 30.1. The molecule has 4 nitrogen and oxygen atoms in total. The van der Waals surface area contributed by atoms with Gasteiger partial charge in [-0.05, 0) is 12.5 Å². The van der Waals surface area contributed by atoms with Gasteiger partial charge in [0.05, 0.1) is 18.6 Å². The molecule has 4 heteroatoms. The van der Waals surface area contributed by atoms with Gasteiger partial charge in [-0.2, -0.15) is 0 Å². The summed E-state index contributed by atoms with van der Waals surface area (Å²) in [6.07, 6.45) is 1.64. The third-order valence-electron chi connectivity index (χ3n) is 3.45. The monoisotopic (exact) mass is 232 g/mol. The average Bonchev–Trinajstić information content (AvgIpc) is 3.07. The van der Waals surface area contributed by atoms with Crippen LogP contribution in [0.4, 0.5) is 0 Å². The van der Waals surface area contributed by atoms with E-state index in [9.17, 15) is 4.79 Å². The van der Waals surface area contributed by atoms with Crippen molar-refractivity contribution in [2.45, 2.75) is 24.9 Å². The number of carbonyl (C=O) groups is 1. The van der Waals surface area contributed by atoms with Gasteiger partial charge in [0.2, 0.25) is 5.91 Å². The molecule has 2 aliphatic rings. The highest BCUT2D eigenvalue weighted by atomic mass is 16.5. The zero-order chi connectivity index (χ0) is 11.8. The first kappa shape index (κ1) is 10.6. The molecule has 0 bridgehead atoms. The minimum absolute atomic E-state index is 0.0185. The van der Waals surface area contributed by atoms with Crippen LogP contribution in [0.15, 0.2) is 24.3 Å². The van der Waals surface area contributed by atoms with Crippen molar-refractivity contribution < 1.29 is 9.53 Å². The minimum atomic E-state index is 0.0185. The number of nitrogens with one attached hydrogen (secondary N) is 1. The van der Waals surface area contributed by atoms with E-state index in [0.29, 0.717) is 6.61 Å². The largest absolute Gasteiger partial charge is 0.493 e. The molecule has 90 valence electrons. The molecule has 0 spiro atoms. The van der Waals surface area contributed by atoms with Gasteiger partial charge >= 0.3 is 0 Å². The lowest BCUT2D eigenvalue weighted by molar-refractivity contribution is -0.123. The Labute approximate surface area is 100 Å². The smallest absolute Gasteiger partial charge is 0.225 e. The molecule has 0 radical (unpaired) electrons. The SMILES string of the molecule is NC1CC1C(=O)NC1CCOc2ccccc21. The Balaban J connectivity index is 1.74. The number of nitrogens with two attached hydrogens (primary N) is 1. The van der Waals surface area contributed by atoms with Crippen LogP contribution in [-0.4, -0.2) is 18.6 Å². The van der Waals surface area contributed by atoms with Crippen LogP contribution in [0.25, 0.3) is 0 Å². The van der Waals surface area contributed by atoms with E-state index in [4.69, 9.17) is 10.5 Å². The number of rotatable bonds is 2. The van der Waals surface area contributed by atoms with Gasteiger partial charge in [0, 0.05) is 18.0 Å². The fourth-order valence-electron chi connectivity index (χ4n) is 2.29. The van der Waals surface area contributed by atoms with Crippen LogP contribution in [0.1, 0.15) is 24.4 Å². The summed E-state index contributed by atoms with van der Waals surface area (Å²) in [7, 11) is 0. The van der Waals surface area contributed by atoms with Gasteiger partial charge < -0.3 is 15.8 Å². The van der Waals surface area contributed by atoms with E-state index in [0.717, 1.165) is 24.2 Å². The molecular formula is C13H16N2O2. The minimum Gasteiger partial charge on any atom is -0.493 e. The van der Waals surface area contributed by atoms with E-state index in [1.165, 1.54) is 0 Å². The third-order valence-corrected chi connectivity index (χ3v) is 3.45. The number of para-hydroxylation sites is 1. The highest BCUT2D eigenvalue weighted by Crippen LogP contribution is 2.34. The molecular weight excluding hydrogens is 216 g/mol. The van der Waals surface area contributed by atoms with Crippen LogP contribution in [0, 0.1) is 5.92 Å². The van der Waals surface area contributed by atoms with Crippen molar-refractivity contribution in [2.75, 3.05) is 6.61 Å². The van der Waals surface area contributed by atoms with E-state index < -0.39 is 0 Å². The van der Waals surface area contributed by atoms with Crippen molar-refractivity contribution in [1.82, 2.24) is 5.32 Å². The highest BCUT2D eigenvalue weighted by molar-refractivity contribution is 5.82. The van der Waals surface area contributed by atoms with Crippen molar-refractivity contribution in [3.05, 3.63) is 29.8 Å². The Kier molecular flexibility index (Phi) is 2.52. The Morgan fingerprint density at radius 3 is 2.94 bits per heavy atom. The van der Waals surface area contributed by atoms with Crippen molar-refractivity contribution >= 4 is 5.91 Å². The summed E-state index contributed by atoms with van der Waals surface area (Å²) in [6.45, 7) is 0.651. The fraction of sp³-hybridized carbons (Fsp3) is 0.462. The number of benzene rings is 1. The zero-order valence-electron chi connectivity index (χ0n) is 9.56. The van der Waals surface area contributed by atoms with Crippen LogP contribution in [0.2, 0.25) is 0 Å². The lowest BCUT2D eigenvalue weighted by Gasteiger charge is -2.26. The Morgan fingerprint density at radius 2 is 2.18 bits per heavy atom. The topological polar surface area (TPSA) is 64.4 Å². The molecule has 3 atom stereocenters. The first-order valence-corrected chi connectivity index (χ1v) is 6.03. The van der Waals surface area contributed by atoms with Crippen LogP contribution in [-0.2, 0) is 4.79 Å². The molecule has 1 heterocycles. The Hall–Kier alpha value is -1.55. The van der Waals surface area contributed by atoms with E-state index in [-0.39, 0.29) is 23.9 Å². The number of carbonyl (C=O) groups excluding carboxylic acids is 1. The molecule has 0 saturated heterocycles. The average molecular weight is 232 g/mol. The molecule has 1 saturated carbocycles. The molecule has 3 rings (SSSR count). The predicted octanol–water partition coefficient (Wildman–Crippen LogP) is 0.974. The highest BCUT2D eigenvalue weighted by Gasteiger charge is 2.41. The predicted molar refractivity (Wildman–Crippen MR) is 63.5 cm³/mol. The first-order valence-electron chi connectivity index (χ1n) is 6.03. The second-order valence-corrected chi connectivity index (χ2v) is 4.74. The van der Waals surface area contributed by atoms with E-state index >= 15 is 0 Å². The summed E-state index contributed by atoms with van der Waals surface area (Å²) < 4.78 is 5.56. The maximum Gasteiger partial charge on any atom is 0.225 e. The second kappa shape index (κ2) is 4.04. The zero-order valence-corrected chi connectivity index (χ0v) is 9.56. The van der Waals surface area contributed by atoms with Gasteiger partial charge in [-0.25, -0.2) is 0 Å². The summed E-state index contributed by atoms with van der Waals surface area (Å²) in [5, 5.41) is 3.07. The maximum atomic E-state index is 11.9. The van der Waals surface area contributed by atoms with Crippen LogP contribution < -0.4 is 15.8 Å². The molecule has 3 N–H and O–H groups in total. The molecule has 1 aromatic carbocycles. The van der Waals surface area contributed by atoms with Crippen LogP contribution >= 0.6 is 0 Å². The second-order valence-electron chi connectivity index (χ2n) is 4.74. The van der Waals surface area contributed by atoms with E-state index in [1.54, 1.807) is 0 Å².